The maximum absolute atomic E-state index is 13.0. The van der Waals surface area contributed by atoms with Gasteiger partial charge in [0.25, 0.3) is 11.5 Å². The quantitative estimate of drug-likeness (QED) is 0.711. The first-order valence-corrected chi connectivity index (χ1v) is 10.7. The van der Waals surface area contributed by atoms with Gasteiger partial charge in [-0.25, -0.2) is 13.1 Å². The standard InChI is InChI=1S/C20H21N3O4S/c1-4-11-23-20(25)16-8-6-5-7-15(16)18(22-23)19(24)21-17-12-14(28(3,26)27)10-9-13(17)2/h5-10,12H,4,11H2,1-3H3,(H,21,24). The Kier molecular flexibility index (Phi) is 5.33. The molecule has 7 nitrogen and oxygen atoms in total. The summed E-state index contributed by atoms with van der Waals surface area (Å²) in [5, 5.41) is 7.87. The van der Waals surface area contributed by atoms with Gasteiger partial charge in [0.2, 0.25) is 0 Å². The van der Waals surface area contributed by atoms with E-state index in [2.05, 4.69) is 10.4 Å². The first kappa shape index (κ1) is 19.8. The van der Waals surface area contributed by atoms with Gasteiger partial charge in [0, 0.05) is 23.9 Å². The normalized spacial score (nSPS) is 11.5. The first-order chi connectivity index (χ1) is 13.2. The maximum atomic E-state index is 13.0. The van der Waals surface area contributed by atoms with Gasteiger partial charge in [-0.1, -0.05) is 31.2 Å². The zero-order chi connectivity index (χ0) is 20.5. The highest BCUT2D eigenvalue weighted by Crippen LogP contribution is 2.22. The van der Waals surface area contributed by atoms with Crippen LogP contribution in [0.5, 0.6) is 0 Å². The maximum Gasteiger partial charge on any atom is 0.276 e. The second-order valence-electron chi connectivity index (χ2n) is 6.63. The van der Waals surface area contributed by atoms with E-state index in [4.69, 9.17) is 0 Å². The third-order valence-corrected chi connectivity index (χ3v) is 5.51. The molecule has 0 bridgehead atoms. The summed E-state index contributed by atoms with van der Waals surface area (Å²) in [5.41, 5.74) is 0.969. The highest BCUT2D eigenvalue weighted by atomic mass is 32.2. The lowest BCUT2D eigenvalue weighted by Crippen LogP contribution is -2.27. The lowest BCUT2D eigenvalue weighted by molar-refractivity contribution is 0.102. The predicted octanol–water partition coefficient (Wildman–Crippen LogP) is 2.77. The topological polar surface area (TPSA) is 98.1 Å². The van der Waals surface area contributed by atoms with Crippen LogP contribution in [-0.2, 0) is 16.4 Å². The van der Waals surface area contributed by atoms with Gasteiger partial charge in [-0.2, -0.15) is 5.10 Å². The molecular weight excluding hydrogens is 378 g/mol. The van der Waals surface area contributed by atoms with Crippen LogP contribution in [0.15, 0.2) is 52.2 Å². The van der Waals surface area contributed by atoms with Crippen molar-refractivity contribution in [2.24, 2.45) is 0 Å². The van der Waals surface area contributed by atoms with Gasteiger partial charge < -0.3 is 5.32 Å². The van der Waals surface area contributed by atoms with Crippen LogP contribution < -0.4 is 10.9 Å². The number of benzene rings is 2. The highest BCUT2D eigenvalue weighted by Gasteiger charge is 2.18. The Labute approximate surface area is 162 Å². The molecule has 1 heterocycles. The van der Waals surface area contributed by atoms with Crippen molar-refractivity contribution in [2.75, 3.05) is 11.6 Å². The number of aromatic nitrogens is 2. The predicted molar refractivity (Wildman–Crippen MR) is 109 cm³/mol. The minimum absolute atomic E-state index is 0.113. The number of fused-ring (bicyclic) bond motifs is 1. The number of hydrogen-bond donors (Lipinski definition) is 1. The van der Waals surface area contributed by atoms with Crippen molar-refractivity contribution in [2.45, 2.75) is 31.7 Å². The number of anilines is 1. The van der Waals surface area contributed by atoms with Gasteiger partial charge in [0.1, 0.15) is 0 Å². The van der Waals surface area contributed by atoms with Crippen LogP contribution in [0.4, 0.5) is 5.69 Å². The van der Waals surface area contributed by atoms with Crippen LogP contribution in [-0.4, -0.2) is 30.4 Å². The zero-order valence-corrected chi connectivity index (χ0v) is 16.7. The molecule has 0 atom stereocenters. The molecule has 1 amide bonds. The monoisotopic (exact) mass is 399 g/mol. The van der Waals surface area contributed by atoms with Gasteiger partial charge in [0.15, 0.2) is 15.5 Å². The molecule has 3 aromatic rings. The number of hydrogen-bond acceptors (Lipinski definition) is 5. The zero-order valence-electron chi connectivity index (χ0n) is 15.9. The molecule has 0 unspecified atom stereocenters. The summed E-state index contributed by atoms with van der Waals surface area (Å²) < 4.78 is 24.9. The molecule has 0 saturated heterocycles. The van der Waals surface area contributed by atoms with Crippen LogP contribution in [0.3, 0.4) is 0 Å². The van der Waals surface area contributed by atoms with Gasteiger partial charge in [0.05, 0.1) is 10.3 Å². The summed E-state index contributed by atoms with van der Waals surface area (Å²) in [4.78, 5) is 25.6. The Morgan fingerprint density at radius 1 is 1.14 bits per heavy atom. The molecule has 0 spiro atoms. The molecule has 1 aromatic heterocycles. The van der Waals surface area contributed by atoms with Crippen molar-refractivity contribution in [3.63, 3.8) is 0 Å². The van der Waals surface area contributed by atoms with E-state index in [0.717, 1.165) is 6.26 Å². The fraction of sp³-hybridized carbons (Fsp3) is 0.250. The molecule has 28 heavy (non-hydrogen) atoms. The molecule has 8 heteroatoms. The van der Waals surface area contributed by atoms with E-state index < -0.39 is 15.7 Å². The third kappa shape index (κ3) is 3.82. The van der Waals surface area contributed by atoms with Crippen molar-refractivity contribution >= 4 is 32.2 Å². The molecule has 0 aliphatic rings. The molecule has 2 aromatic carbocycles. The lowest BCUT2D eigenvalue weighted by atomic mass is 10.1. The molecule has 0 fully saturated rings. The second kappa shape index (κ2) is 7.55. The summed E-state index contributed by atoms with van der Waals surface area (Å²) in [6.07, 6.45) is 1.81. The van der Waals surface area contributed by atoms with Gasteiger partial charge in [-0.05, 0) is 37.1 Å². The third-order valence-electron chi connectivity index (χ3n) is 4.40. The van der Waals surface area contributed by atoms with Crippen LogP contribution in [0.2, 0.25) is 0 Å². The minimum atomic E-state index is -3.41. The lowest BCUT2D eigenvalue weighted by Gasteiger charge is -2.13. The summed E-state index contributed by atoms with van der Waals surface area (Å²) >= 11 is 0. The van der Waals surface area contributed by atoms with Crippen molar-refractivity contribution in [3.8, 4) is 0 Å². The molecule has 0 radical (unpaired) electrons. The fourth-order valence-corrected chi connectivity index (χ4v) is 3.56. The van der Waals surface area contributed by atoms with E-state index in [-0.39, 0.29) is 16.1 Å². The minimum Gasteiger partial charge on any atom is -0.320 e. The van der Waals surface area contributed by atoms with Crippen molar-refractivity contribution in [1.82, 2.24) is 9.78 Å². The van der Waals surface area contributed by atoms with Crippen LogP contribution in [0.25, 0.3) is 10.8 Å². The molecule has 0 aliphatic carbocycles. The van der Waals surface area contributed by atoms with E-state index in [9.17, 15) is 18.0 Å². The molecule has 3 rings (SSSR count). The molecule has 0 aliphatic heterocycles. The van der Waals surface area contributed by atoms with Crippen molar-refractivity contribution in [3.05, 3.63) is 64.1 Å². The Morgan fingerprint density at radius 3 is 2.46 bits per heavy atom. The Bertz CT molecular complexity index is 1230. The largest absolute Gasteiger partial charge is 0.320 e. The first-order valence-electron chi connectivity index (χ1n) is 8.84. The van der Waals surface area contributed by atoms with E-state index >= 15 is 0 Å². The van der Waals surface area contributed by atoms with Crippen molar-refractivity contribution in [1.29, 1.82) is 0 Å². The summed E-state index contributed by atoms with van der Waals surface area (Å²) in [6, 6.07) is 11.4. The summed E-state index contributed by atoms with van der Waals surface area (Å²) in [7, 11) is -3.41. The number of carbonyl (C=O) groups excluding carboxylic acids is 1. The average Bonchev–Trinajstić information content (AvgIpc) is 2.65. The van der Waals surface area contributed by atoms with Gasteiger partial charge in [-0.3, -0.25) is 9.59 Å². The van der Waals surface area contributed by atoms with Gasteiger partial charge >= 0.3 is 0 Å². The number of carbonyl (C=O) groups is 1. The fourth-order valence-electron chi connectivity index (χ4n) is 2.91. The van der Waals surface area contributed by atoms with E-state index in [1.807, 2.05) is 6.92 Å². The second-order valence-corrected chi connectivity index (χ2v) is 8.64. The number of nitrogens with one attached hydrogen (secondary N) is 1. The molecular formula is C20H21N3O4S. The molecule has 0 saturated carbocycles. The summed E-state index contributed by atoms with van der Waals surface area (Å²) in [6.45, 7) is 4.08. The number of aryl methyl sites for hydroxylation is 2. The summed E-state index contributed by atoms with van der Waals surface area (Å²) in [5.74, 6) is -0.505. The molecule has 1 N–H and O–H groups in total. The number of amides is 1. The van der Waals surface area contributed by atoms with Crippen LogP contribution in [0.1, 0.15) is 29.4 Å². The number of rotatable bonds is 5. The van der Waals surface area contributed by atoms with Gasteiger partial charge in [-0.15, -0.1) is 0 Å². The smallest absolute Gasteiger partial charge is 0.276 e. The SMILES string of the molecule is CCCn1nc(C(=O)Nc2cc(S(C)(=O)=O)ccc2C)c2ccccc2c1=O. The van der Waals surface area contributed by atoms with Crippen LogP contribution >= 0.6 is 0 Å². The van der Waals surface area contributed by atoms with Crippen LogP contribution in [0, 0.1) is 6.92 Å². The van der Waals surface area contributed by atoms with Crippen molar-refractivity contribution < 1.29 is 13.2 Å². The Balaban J connectivity index is 2.10. The Hall–Kier alpha value is -3.00. The number of sulfone groups is 1. The van der Waals surface area contributed by atoms with E-state index in [1.165, 1.54) is 16.8 Å². The number of nitrogens with zero attached hydrogens (tertiary/aromatic N) is 2. The highest BCUT2D eigenvalue weighted by molar-refractivity contribution is 7.90. The molecule has 146 valence electrons. The Morgan fingerprint density at radius 2 is 1.82 bits per heavy atom. The average molecular weight is 399 g/mol. The van der Waals surface area contributed by atoms with E-state index in [0.29, 0.717) is 35.0 Å². The van der Waals surface area contributed by atoms with E-state index in [1.54, 1.807) is 37.3 Å².